The summed E-state index contributed by atoms with van der Waals surface area (Å²) in [6.07, 6.45) is 6.12. The molecule has 0 radical (unpaired) electrons. The van der Waals surface area contributed by atoms with Gasteiger partial charge in [0.05, 0.1) is 12.2 Å². The lowest BCUT2D eigenvalue weighted by molar-refractivity contribution is 0.308. The molecule has 7 nitrogen and oxygen atoms in total. The number of aromatic nitrogens is 1. The first kappa shape index (κ1) is 23.0. The highest BCUT2D eigenvalue weighted by Crippen LogP contribution is 2.30. The van der Waals surface area contributed by atoms with Crippen molar-refractivity contribution in [3.8, 4) is 16.9 Å². The topological polar surface area (TPSA) is 74.8 Å². The molecular weight excluding hydrogens is 416 g/mol. The molecule has 0 unspecified atom stereocenters. The highest BCUT2D eigenvalue weighted by Gasteiger charge is 2.26. The molecule has 0 spiro atoms. The molecule has 1 N–H and O–H groups in total. The number of anilines is 2. The predicted molar refractivity (Wildman–Crippen MR) is 133 cm³/mol. The molecule has 1 aromatic heterocycles. The second-order valence-corrected chi connectivity index (χ2v) is 8.60. The Morgan fingerprint density at radius 1 is 1.06 bits per heavy atom. The zero-order valence-electron chi connectivity index (χ0n) is 19.7. The van der Waals surface area contributed by atoms with Crippen molar-refractivity contribution in [3.05, 3.63) is 68.2 Å². The standard InChI is InChI=1S/C26H32N4O3/c1-18-11-12-20(17-28-18)23-24(26(32)25(23)31)30(27-3)15-8-16-33-22-10-7-9-21(19(22)2)29-13-5-4-6-14-29/h7,9-12,17,27H,4-6,8,13-16H2,1-3H3. The molecule has 4 rings (SSSR count). The maximum atomic E-state index is 12.4. The van der Waals surface area contributed by atoms with E-state index in [1.165, 1.54) is 30.5 Å². The molecule has 0 aliphatic carbocycles. The van der Waals surface area contributed by atoms with Crippen LogP contribution in [-0.2, 0) is 0 Å². The van der Waals surface area contributed by atoms with Crippen LogP contribution in [0.15, 0.2) is 46.1 Å². The lowest BCUT2D eigenvalue weighted by Gasteiger charge is -2.30. The van der Waals surface area contributed by atoms with Crippen LogP contribution in [0.4, 0.5) is 11.4 Å². The fourth-order valence-corrected chi connectivity index (χ4v) is 4.50. The average Bonchev–Trinajstić information content (AvgIpc) is 2.85. The number of hydrazine groups is 1. The van der Waals surface area contributed by atoms with Crippen LogP contribution in [0.25, 0.3) is 11.1 Å². The van der Waals surface area contributed by atoms with Gasteiger partial charge in [0.2, 0.25) is 5.43 Å². The van der Waals surface area contributed by atoms with Gasteiger partial charge in [-0.2, -0.15) is 0 Å². The van der Waals surface area contributed by atoms with Gasteiger partial charge in [-0.1, -0.05) is 12.1 Å². The summed E-state index contributed by atoms with van der Waals surface area (Å²) in [7, 11) is 1.75. The minimum absolute atomic E-state index is 0.399. The second kappa shape index (κ2) is 10.2. The van der Waals surface area contributed by atoms with E-state index in [1.54, 1.807) is 18.3 Å². The number of nitrogens with one attached hydrogen (secondary N) is 1. The van der Waals surface area contributed by atoms with Crippen molar-refractivity contribution in [2.45, 2.75) is 39.5 Å². The predicted octanol–water partition coefficient (Wildman–Crippen LogP) is 3.36. The summed E-state index contributed by atoms with van der Waals surface area (Å²) < 4.78 is 6.11. The number of aryl methyl sites for hydroxylation is 1. The number of nitrogens with zero attached hydrogens (tertiary/aromatic N) is 3. The third-order valence-corrected chi connectivity index (χ3v) is 6.36. The SMILES string of the molecule is CNN(CCCOc1cccc(N2CCCCC2)c1C)c1c(-c2ccc(C)nc2)c(=O)c1=O. The van der Waals surface area contributed by atoms with E-state index in [1.807, 2.05) is 25.1 Å². The van der Waals surface area contributed by atoms with Gasteiger partial charge in [0.1, 0.15) is 11.4 Å². The van der Waals surface area contributed by atoms with Gasteiger partial charge in [-0.15, -0.1) is 0 Å². The third kappa shape index (κ3) is 4.78. The molecule has 1 aliphatic rings. The van der Waals surface area contributed by atoms with Crippen molar-refractivity contribution < 1.29 is 4.74 Å². The quantitative estimate of drug-likeness (QED) is 0.306. The van der Waals surface area contributed by atoms with E-state index in [2.05, 4.69) is 34.4 Å². The van der Waals surface area contributed by atoms with Gasteiger partial charge in [-0.3, -0.25) is 14.6 Å². The molecule has 1 aliphatic heterocycles. The van der Waals surface area contributed by atoms with Gasteiger partial charge < -0.3 is 14.6 Å². The van der Waals surface area contributed by atoms with Crippen molar-refractivity contribution in [1.29, 1.82) is 0 Å². The van der Waals surface area contributed by atoms with Gasteiger partial charge in [0.25, 0.3) is 5.43 Å². The van der Waals surface area contributed by atoms with Crippen molar-refractivity contribution in [2.24, 2.45) is 0 Å². The Labute approximate surface area is 194 Å². The first-order valence-electron chi connectivity index (χ1n) is 11.7. The molecule has 7 heteroatoms. The van der Waals surface area contributed by atoms with Gasteiger partial charge in [0, 0.05) is 61.8 Å². The number of piperidine rings is 1. The first-order valence-corrected chi connectivity index (χ1v) is 11.7. The number of hydrogen-bond donors (Lipinski definition) is 1. The summed E-state index contributed by atoms with van der Waals surface area (Å²) in [6, 6.07) is 9.91. The highest BCUT2D eigenvalue weighted by molar-refractivity contribution is 5.82. The molecule has 0 amide bonds. The second-order valence-electron chi connectivity index (χ2n) is 8.60. The van der Waals surface area contributed by atoms with Gasteiger partial charge in [-0.25, -0.2) is 5.43 Å². The molecule has 2 heterocycles. The molecule has 1 fully saturated rings. The van der Waals surface area contributed by atoms with Gasteiger partial charge in [-0.05, 0) is 51.3 Å². The van der Waals surface area contributed by atoms with Crippen LogP contribution in [0.5, 0.6) is 5.75 Å². The monoisotopic (exact) mass is 448 g/mol. The van der Waals surface area contributed by atoms with E-state index in [0.717, 1.165) is 24.5 Å². The van der Waals surface area contributed by atoms with E-state index in [4.69, 9.17) is 4.74 Å². The molecule has 1 saturated heterocycles. The minimum Gasteiger partial charge on any atom is -0.493 e. The molecule has 33 heavy (non-hydrogen) atoms. The largest absolute Gasteiger partial charge is 0.493 e. The van der Waals surface area contributed by atoms with Crippen LogP contribution in [0.2, 0.25) is 0 Å². The highest BCUT2D eigenvalue weighted by atomic mass is 16.5. The fourth-order valence-electron chi connectivity index (χ4n) is 4.50. The number of benzene rings is 1. The summed E-state index contributed by atoms with van der Waals surface area (Å²) in [5, 5.41) is 1.74. The Balaban J connectivity index is 1.39. The number of ether oxygens (including phenoxy) is 1. The Morgan fingerprint density at radius 2 is 1.85 bits per heavy atom. The maximum Gasteiger partial charge on any atom is 0.251 e. The van der Waals surface area contributed by atoms with E-state index in [-0.39, 0.29) is 0 Å². The zero-order valence-corrected chi connectivity index (χ0v) is 19.7. The van der Waals surface area contributed by atoms with Crippen LogP contribution in [0.3, 0.4) is 0 Å². The summed E-state index contributed by atoms with van der Waals surface area (Å²) in [4.78, 5) is 31.3. The lowest BCUT2D eigenvalue weighted by atomic mass is 9.99. The fraction of sp³-hybridized carbons (Fsp3) is 0.423. The summed E-state index contributed by atoms with van der Waals surface area (Å²) >= 11 is 0. The van der Waals surface area contributed by atoms with Crippen molar-refractivity contribution in [1.82, 2.24) is 10.4 Å². The molecular formula is C26H32N4O3. The van der Waals surface area contributed by atoms with E-state index in [9.17, 15) is 9.59 Å². The van der Waals surface area contributed by atoms with Crippen molar-refractivity contribution >= 4 is 11.4 Å². The molecule has 2 aromatic carbocycles. The van der Waals surface area contributed by atoms with Gasteiger partial charge >= 0.3 is 0 Å². The van der Waals surface area contributed by atoms with E-state index in [0.29, 0.717) is 36.4 Å². The Hall–Kier alpha value is -3.19. The maximum absolute atomic E-state index is 12.4. The third-order valence-electron chi connectivity index (χ3n) is 6.36. The molecule has 3 aromatic rings. The zero-order chi connectivity index (χ0) is 23.4. The van der Waals surface area contributed by atoms with Crippen LogP contribution >= 0.6 is 0 Å². The van der Waals surface area contributed by atoms with Crippen LogP contribution < -0.4 is 30.9 Å². The minimum atomic E-state index is -0.467. The summed E-state index contributed by atoms with van der Waals surface area (Å²) in [6.45, 7) is 7.25. The van der Waals surface area contributed by atoms with Crippen molar-refractivity contribution in [3.63, 3.8) is 0 Å². The van der Waals surface area contributed by atoms with Crippen LogP contribution in [-0.4, -0.2) is 38.3 Å². The number of pyridine rings is 1. The Kier molecular flexibility index (Phi) is 7.08. The average molecular weight is 449 g/mol. The smallest absolute Gasteiger partial charge is 0.251 e. The Morgan fingerprint density at radius 3 is 2.55 bits per heavy atom. The molecule has 0 bridgehead atoms. The number of rotatable bonds is 9. The normalized spacial score (nSPS) is 14.0. The first-order chi connectivity index (χ1) is 16.0. The summed E-state index contributed by atoms with van der Waals surface area (Å²) in [5.41, 5.74) is 6.90. The summed E-state index contributed by atoms with van der Waals surface area (Å²) in [5.74, 6) is 0.898. The van der Waals surface area contributed by atoms with Crippen LogP contribution in [0.1, 0.15) is 36.9 Å². The number of hydrogen-bond acceptors (Lipinski definition) is 7. The molecule has 0 atom stereocenters. The Bertz CT molecular complexity index is 1160. The van der Waals surface area contributed by atoms with E-state index < -0.39 is 10.9 Å². The molecule has 0 saturated carbocycles. The lowest BCUT2D eigenvalue weighted by Crippen LogP contribution is -2.47. The van der Waals surface area contributed by atoms with Gasteiger partial charge in [0.15, 0.2) is 0 Å². The van der Waals surface area contributed by atoms with Crippen molar-refractivity contribution in [2.75, 3.05) is 43.2 Å². The van der Waals surface area contributed by atoms with E-state index >= 15 is 0 Å². The molecule has 174 valence electrons. The van der Waals surface area contributed by atoms with Crippen LogP contribution in [0, 0.1) is 13.8 Å².